The highest BCUT2D eigenvalue weighted by Crippen LogP contribution is 2.43. The van der Waals surface area contributed by atoms with Crippen LogP contribution >= 0.6 is 0 Å². The number of rotatable bonds is 6. The maximum absolute atomic E-state index is 6.16. The van der Waals surface area contributed by atoms with Crippen LogP contribution in [0.3, 0.4) is 0 Å². The molecule has 1 saturated carbocycles. The first kappa shape index (κ1) is 15.0. The number of hydrogen-bond acceptors (Lipinski definition) is 2. The van der Waals surface area contributed by atoms with Crippen LogP contribution in [0.1, 0.15) is 66.7 Å². The molecule has 1 rings (SSSR count). The zero-order valence-electron chi connectivity index (χ0n) is 12.4. The van der Waals surface area contributed by atoms with Gasteiger partial charge >= 0.3 is 0 Å². The predicted octanol–water partition coefficient (Wildman–Crippen LogP) is 3.75. The van der Waals surface area contributed by atoms with Crippen LogP contribution in [0, 0.1) is 5.41 Å². The molecular weight excluding hydrogens is 210 g/mol. The second-order valence-electron chi connectivity index (χ2n) is 6.34. The van der Waals surface area contributed by atoms with E-state index in [1.807, 2.05) is 0 Å². The van der Waals surface area contributed by atoms with Gasteiger partial charge in [0.05, 0.1) is 5.60 Å². The van der Waals surface area contributed by atoms with Crippen molar-refractivity contribution in [1.82, 2.24) is 5.32 Å². The fourth-order valence-corrected chi connectivity index (χ4v) is 2.89. The smallest absolute Gasteiger partial charge is 0.0832 e. The summed E-state index contributed by atoms with van der Waals surface area (Å²) in [4.78, 5) is 0. The van der Waals surface area contributed by atoms with E-state index < -0.39 is 0 Å². The highest BCUT2D eigenvalue weighted by Gasteiger charge is 2.42. The van der Waals surface area contributed by atoms with E-state index in [9.17, 15) is 0 Å². The Hall–Kier alpha value is -0.0800. The quantitative estimate of drug-likeness (QED) is 0.764. The molecule has 1 N–H and O–H groups in total. The van der Waals surface area contributed by atoms with Crippen LogP contribution in [0.25, 0.3) is 0 Å². The van der Waals surface area contributed by atoms with Crippen molar-refractivity contribution in [2.45, 2.75) is 78.4 Å². The molecule has 0 aromatic heterocycles. The molecule has 102 valence electrons. The van der Waals surface area contributed by atoms with Gasteiger partial charge in [-0.1, -0.05) is 20.8 Å². The number of nitrogens with one attached hydrogen (secondary N) is 1. The lowest BCUT2D eigenvalue weighted by atomic mass is 9.68. The standard InChI is InChI=1S/C15H31NO/c1-6-12-16-13(3)15(17-7-2)10-8-14(4,5)9-11-15/h13,16H,6-12H2,1-5H3. The van der Waals surface area contributed by atoms with Crippen LogP contribution in [0.15, 0.2) is 0 Å². The lowest BCUT2D eigenvalue weighted by molar-refractivity contribution is -0.102. The Labute approximate surface area is 108 Å². The Balaban J connectivity index is 2.63. The summed E-state index contributed by atoms with van der Waals surface area (Å²) in [7, 11) is 0. The van der Waals surface area contributed by atoms with Crippen LogP contribution in [-0.4, -0.2) is 24.8 Å². The Morgan fingerprint density at radius 2 is 1.71 bits per heavy atom. The van der Waals surface area contributed by atoms with Gasteiger partial charge in [-0.15, -0.1) is 0 Å². The number of hydrogen-bond donors (Lipinski definition) is 1. The van der Waals surface area contributed by atoms with Crippen LogP contribution in [0.4, 0.5) is 0 Å². The molecule has 1 unspecified atom stereocenters. The summed E-state index contributed by atoms with van der Waals surface area (Å²) in [5, 5.41) is 3.63. The maximum atomic E-state index is 6.16. The first-order valence-electron chi connectivity index (χ1n) is 7.33. The minimum atomic E-state index is 0.0828. The topological polar surface area (TPSA) is 21.3 Å². The molecule has 2 heteroatoms. The molecule has 1 atom stereocenters. The molecule has 0 spiro atoms. The SMILES string of the molecule is CCCNC(C)C1(OCC)CCC(C)(C)CC1. The van der Waals surface area contributed by atoms with Gasteiger partial charge in [-0.25, -0.2) is 0 Å². The van der Waals surface area contributed by atoms with E-state index in [1.54, 1.807) is 0 Å². The molecule has 0 heterocycles. The van der Waals surface area contributed by atoms with Crippen molar-refractivity contribution in [2.75, 3.05) is 13.2 Å². The third-order valence-electron chi connectivity index (χ3n) is 4.37. The first-order valence-corrected chi connectivity index (χ1v) is 7.33. The van der Waals surface area contributed by atoms with Gasteiger partial charge < -0.3 is 10.1 Å². The minimum absolute atomic E-state index is 0.0828. The van der Waals surface area contributed by atoms with Gasteiger partial charge in [0.1, 0.15) is 0 Å². The van der Waals surface area contributed by atoms with Gasteiger partial charge in [-0.3, -0.25) is 0 Å². The summed E-state index contributed by atoms with van der Waals surface area (Å²) in [5.41, 5.74) is 0.588. The predicted molar refractivity (Wildman–Crippen MR) is 74.4 cm³/mol. The summed E-state index contributed by atoms with van der Waals surface area (Å²) in [6, 6.07) is 0.471. The molecule has 17 heavy (non-hydrogen) atoms. The van der Waals surface area contributed by atoms with Crippen LogP contribution < -0.4 is 5.32 Å². The summed E-state index contributed by atoms with van der Waals surface area (Å²) < 4.78 is 6.16. The fourth-order valence-electron chi connectivity index (χ4n) is 2.89. The van der Waals surface area contributed by atoms with Gasteiger partial charge in [0.15, 0.2) is 0 Å². The molecule has 2 nitrogen and oxygen atoms in total. The lowest BCUT2D eigenvalue weighted by Crippen LogP contribution is -2.54. The van der Waals surface area contributed by atoms with E-state index in [0.717, 1.165) is 13.2 Å². The second-order valence-corrected chi connectivity index (χ2v) is 6.34. The van der Waals surface area contributed by atoms with Crippen molar-refractivity contribution in [1.29, 1.82) is 0 Å². The molecule has 0 bridgehead atoms. The zero-order chi connectivity index (χ0) is 12.9. The van der Waals surface area contributed by atoms with Crippen LogP contribution in [0.5, 0.6) is 0 Å². The Morgan fingerprint density at radius 1 is 1.12 bits per heavy atom. The van der Waals surface area contributed by atoms with Crippen molar-refractivity contribution in [2.24, 2.45) is 5.41 Å². The lowest BCUT2D eigenvalue weighted by Gasteiger charge is -2.47. The first-order chi connectivity index (χ1) is 7.96. The Kier molecular flexibility index (Phi) is 5.46. The van der Waals surface area contributed by atoms with Crippen molar-refractivity contribution in [3.63, 3.8) is 0 Å². The van der Waals surface area contributed by atoms with E-state index >= 15 is 0 Å². The highest BCUT2D eigenvalue weighted by atomic mass is 16.5. The van der Waals surface area contributed by atoms with E-state index in [0.29, 0.717) is 11.5 Å². The van der Waals surface area contributed by atoms with Gasteiger partial charge in [0.25, 0.3) is 0 Å². The van der Waals surface area contributed by atoms with Crippen molar-refractivity contribution >= 4 is 0 Å². The molecule has 1 fully saturated rings. The molecule has 1 aliphatic rings. The largest absolute Gasteiger partial charge is 0.374 e. The van der Waals surface area contributed by atoms with Gasteiger partial charge in [-0.05, 0) is 57.9 Å². The maximum Gasteiger partial charge on any atom is 0.0832 e. The Morgan fingerprint density at radius 3 is 2.18 bits per heavy atom. The number of ether oxygens (including phenoxy) is 1. The van der Waals surface area contributed by atoms with Crippen LogP contribution in [-0.2, 0) is 4.74 Å². The van der Waals surface area contributed by atoms with Crippen LogP contribution in [0.2, 0.25) is 0 Å². The van der Waals surface area contributed by atoms with Crippen molar-refractivity contribution < 1.29 is 4.74 Å². The van der Waals surface area contributed by atoms with E-state index in [4.69, 9.17) is 4.74 Å². The third-order valence-corrected chi connectivity index (χ3v) is 4.37. The summed E-state index contributed by atoms with van der Waals surface area (Å²) in [6.07, 6.45) is 6.16. The minimum Gasteiger partial charge on any atom is -0.374 e. The van der Waals surface area contributed by atoms with E-state index in [-0.39, 0.29) is 5.60 Å². The average molecular weight is 241 g/mol. The Bertz CT molecular complexity index is 215. The third kappa shape index (κ3) is 3.96. The summed E-state index contributed by atoms with van der Waals surface area (Å²) in [6.45, 7) is 13.3. The van der Waals surface area contributed by atoms with Crippen molar-refractivity contribution in [3.05, 3.63) is 0 Å². The van der Waals surface area contributed by atoms with Gasteiger partial charge in [-0.2, -0.15) is 0 Å². The summed E-state index contributed by atoms with van der Waals surface area (Å²) >= 11 is 0. The summed E-state index contributed by atoms with van der Waals surface area (Å²) in [5.74, 6) is 0. The molecule has 0 amide bonds. The van der Waals surface area contributed by atoms with E-state index in [1.165, 1.54) is 32.1 Å². The second kappa shape index (κ2) is 6.19. The molecule has 0 saturated heterocycles. The average Bonchev–Trinajstić information content (AvgIpc) is 2.29. The van der Waals surface area contributed by atoms with Gasteiger partial charge in [0.2, 0.25) is 0 Å². The molecule has 0 radical (unpaired) electrons. The molecule has 0 aromatic carbocycles. The highest BCUT2D eigenvalue weighted by molar-refractivity contribution is 4.97. The molecule has 1 aliphatic carbocycles. The van der Waals surface area contributed by atoms with Crippen molar-refractivity contribution in [3.8, 4) is 0 Å². The molecule has 0 aliphatic heterocycles. The van der Waals surface area contributed by atoms with Gasteiger partial charge in [0, 0.05) is 12.6 Å². The molecular formula is C15H31NO. The molecule has 0 aromatic rings. The van der Waals surface area contributed by atoms with E-state index in [2.05, 4.69) is 39.9 Å². The monoisotopic (exact) mass is 241 g/mol. The zero-order valence-corrected chi connectivity index (χ0v) is 12.4. The normalized spacial score (nSPS) is 24.5. The fraction of sp³-hybridized carbons (Fsp3) is 1.00.